The Bertz CT molecular complexity index is 347. The summed E-state index contributed by atoms with van der Waals surface area (Å²) in [4.78, 5) is 14.4. The topological polar surface area (TPSA) is 65.1 Å². The molecule has 5 heteroatoms. The summed E-state index contributed by atoms with van der Waals surface area (Å²) in [7, 11) is 0. The number of carbonyl (C=O) groups excluding carboxylic acids is 1. The zero-order valence-electron chi connectivity index (χ0n) is 8.80. The molecule has 0 unspecified atom stereocenters. The van der Waals surface area contributed by atoms with E-state index in [2.05, 4.69) is 10.3 Å². The molecule has 1 aromatic heterocycles. The highest BCUT2D eigenvalue weighted by Crippen LogP contribution is 2.12. The van der Waals surface area contributed by atoms with Crippen LogP contribution < -0.4 is 5.32 Å². The number of hydrogen-bond donors (Lipinski definition) is 3. The maximum absolute atomic E-state index is 11.7. The molecule has 84 valence electrons. The molecule has 0 aromatic carbocycles. The summed E-state index contributed by atoms with van der Waals surface area (Å²) in [6, 6.07) is 1.56. The van der Waals surface area contributed by atoms with Gasteiger partial charge in [-0.2, -0.15) is 0 Å². The van der Waals surface area contributed by atoms with E-state index in [0.29, 0.717) is 17.1 Å². The lowest BCUT2D eigenvalue weighted by atomic mass is 10.0. The van der Waals surface area contributed by atoms with Gasteiger partial charge in [-0.1, -0.05) is 11.6 Å². The fraction of sp³-hybridized carbons (Fsp3) is 0.500. The number of aliphatic hydroxyl groups is 1. The monoisotopic (exact) mass is 230 g/mol. The summed E-state index contributed by atoms with van der Waals surface area (Å²) >= 11 is 5.69. The first-order chi connectivity index (χ1) is 6.94. The molecule has 0 saturated heterocycles. The first-order valence-electron chi connectivity index (χ1n) is 4.72. The predicted octanol–water partition coefficient (Wildman–Crippen LogP) is 1.56. The highest BCUT2D eigenvalue weighted by atomic mass is 35.5. The Morgan fingerprint density at radius 3 is 2.80 bits per heavy atom. The van der Waals surface area contributed by atoms with Gasteiger partial charge >= 0.3 is 0 Å². The lowest BCUT2D eigenvalue weighted by molar-refractivity contribution is 0.0895. The highest BCUT2D eigenvalue weighted by molar-refractivity contribution is 6.30. The standard InChI is InChI=1S/C10H15ClN2O2/c1-10(2,3-4-14)13-9(15)8-5-7(11)6-12-8/h5-6,12,14H,3-4H2,1-2H3,(H,13,15). The van der Waals surface area contributed by atoms with Crippen molar-refractivity contribution in [3.63, 3.8) is 0 Å². The van der Waals surface area contributed by atoms with Gasteiger partial charge in [0.25, 0.3) is 5.91 Å². The normalized spacial score (nSPS) is 11.5. The molecule has 1 heterocycles. The van der Waals surface area contributed by atoms with Gasteiger partial charge in [0.2, 0.25) is 0 Å². The summed E-state index contributed by atoms with van der Waals surface area (Å²) in [6.45, 7) is 3.75. The Hall–Kier alpha value is -1.00. The molecule has 4 nitrogen and oxygen atoms in total. The van der Waals surface area contributed by atoms with Gasteiger partial charge in [-0.15, -0.1) is 0 Å². The second kappa shape index (κ2) is 4.68. The summed E-state index contributed by atoms with van der Waals surface area (Å²) in [5.74, 6) is -0.222. The van der Waals surface area contributed by atoms with E-state index >= 15 is 0 Å². The van der Waals surface area contributed by atoms with E-state index in [1.807, 2.05) is 13.8 Å². The summed E-state index contributed by atoms with van der Waals surface area (Å²) in [5, 5.41) is 12.1. The second-order valence-corrected chi connectivity index (χ2v) is 4.48. The van der Waals surface area contributed by atoms with Gasteiger partial charge < -0.3 is 15.4 Å². The number of rotatable bonds is 4. The minimum Gasteiger partial charge on any atom is -0.396 e. The van der Waals surface area contributed by atoms with Crippen LogP contribution in [0.15, 0.2) is 12.3 Å². The number of aromatic amines is 1. The third-order valence-corrected chi connectivity index (χ3v) is 2.30. The van der Waals surface area contributed by atoms with Gasteiger partial charge in [-0.05, 0) is 26.3 Å². The molecule has 1 aromatic rings. The lowest BCUT2D eigenvalue weighted by Gasteiger charge is -2.24. The van der Waals surface area contributed by atoms with Crippen molar-refractivity contribution < 1.29 is 9.90 Å². The molecule has 0 fully saturated rings. The number of aliphatic hydroxyl groups excluding tert-OH is 1. The molecule has 0 saturated carbocycles. The fourth-order valence-electron chi connectivity index (χ4n) is 1.22. The van der Waals surface area contributed by atoms with Crippen molar-refractivity contribution in [2.45, 2.75) is 25.8 Å². The Balaban J connectivity index is 2.63. The Labute approximate surface area is 93.6 Å². The van der Waals surface area contributed by atoms with E-state index < -0.39 is 5.54 Å². The van der Waals surface area contributed by atoms with Crippen molar-refractivity contribution in [1.29, 1.82) is 0 Å². The molecule has 0 aliphatic heterocycles. The van der Waals surface area contributed by atoms with Crippen molar-refractivity contribution in [1.82, 2.24) is 10.3 Å². The molecular weight excluding hydrogens is 216 g/mol. The van der Waals surface area contributed by atoms with E-state index in [0.717, 1.165) is 0 Å². The Morgan fingerprint density at radius 1 is 1.67 bits per heavy atom. The van der Waals surface area contributed by atoms with Crippen LogP contribution in [0.1, 0.15) is 30.8 Å². The van der Waals surface area contributed by atoms with Crippen LogP contribution in [-0.4, -0.2) is 28.1 Å². The molecule has 0 radical (unpaired) electrons. The minimum atomic E-state index is -0.427. The first-order valence-corrected chi connectivity index (χ1v) is 5.10. The molecule has 0 aliphatic carbocycles. The van der Waals surface area contributed by atoms with Gasteiger partial charge in [-0.3, -0.25) is 4.79 Å². The molecule has 0 atom stereocenters. The van der Waals surface area contributed by atoms with Crippen molar-refractivity contribution in [3.8, 4) is 0 Å². The van der Waals surface area contributed by atoms with Crippen molar-refractivity contribution in [3.05, 3.63) is 23.0 Å². The zero-order valence-corrected chi connectivity index (χ0v) is 9.56. The highest BCUT2D eigenvalue weighted by Gasteiger charge is 2.21. The molecule has 1 rings (SSSR count). The summed E-state index contributed by atoms with van der Waals surface area (Å²) < 4.78 is 0. The average Bonchev–Trinajstić information content (AvgIpc) is 2.50. The predicted molar refractivity (Wildman–Crippen MR) is 59.1 cm³/mol. The molecule has 1 amide bonds. The fourth-order valence-corrected chi connectivity index (χ4v) is 1.38. The number of amides is 1. The number of aromatic nitrogens is 1. The van der Waals surface area contributed by atoms with Gasteiger partial charge in [0, 0.05) is 18.3 Å². The summed E-state index contributed by atoms with van der Waals surface area (Å²) in [6.07, 6.45) is 2.06. The van der Waals surface area contributed by atoms with Crippen LogP contribution in [0.3, 0.4) is 0 Å². The van der Waals surface area contributed by atoms with E-state index in [1.54, 1.807) is 12.3 Å². The quantitative estimate of drug-likeness (QED) is 0.735. The van der Waals surface area contributed by atoms with Gasteiger partial charge in [0.1, 0.15) is 5.69 Å². The smallest absolute Gasteiger partial charge is 0.268 e. The van der Waals surface area contributed by atoms with Crippen LogP contribution >= 0.6 is 11.6 Å². The first kappa shape index (κ1) is 12.1. The van der Waals surface area contributed by atoms with Crippen LogP contribution in [-0.2, 0) is 0 Å². The van der Waals surface area contributed by atoms with E-state index in [9.17, 15) is 4.79 Å². The maximum Gasteiger partial charge on any atom is 0.268 e. The second-order valence-electron chi connectivity index (χ2n) is 4.04. The van der Waals surface area contributed by atoms with Crippen LogP contribution in [0.4, 0.5) is 0 Å². The molecule has 15 heavy (non-hydrogen) atoms. The van der Waals surface area contributed by atoms with Gasteiger partial charge in [0.05, 0.1) is 5.02 Å². The third kappa shape index (κ3) is 3.57. The van der Waals surface area contributed by atoms with E-state index in [4.69, 9.17) is 16.7 Å². The zero-order chi connectivity index (χ0) is 11.5. The van der Waals surface area contributed by atoms with Gasteiger partial charge in [0.15, 0.2) is 0 Å². The molecule has 3 N–H and O–H groups in total. The van der Waals surface area contributed by atoms with Crippen LogP contribution in [0.2, 0.25) is 5.02 Å². The SMILES string of the molecule is CC(C)(CCO)NC(=O)c1cc(Cl)c[nH]1. The Morgan fingerprint density at radius 2 is 2.33 bits per heavy atom. The van der Waals surface area contributed by atoms with E-state index in [-0.39, 0.29) is 12.5 Å². The van der Waals surface area contributed by atoms with Crippen molar-refractivity contribution >= 4 is 17.5 Å². The Kier molecular flexibility index (Phi) is 3.77. The van der Waals surface area contributed by atoms with Crippen molar-refractivity contribution in [2.24, 2.45) is 0 Å². The van der Waals surface area contributed by atoms with Crippen LogP contribution in [0.25, 0.3) is 0 Å². The van der Waals surface area contributed by atoms with Crippen LogP contribution in [0.5, 0.6) is 0 Å². The molecular formula is C10H15ClN2O2. The number of hydrogen-bond acceptors (Lipinski definition) is 2. The lowest BCUT2D eigenvalue weighted by Crippen LogP contribution is -2.44. The van der Waals surface area contributed by atoms with Gasteiger partial charge in [-0.25, -0.2) is 0 Å². The number of halogens is 1. The number of nitrogens with one attached hydrogen (secondary N) is 2. The number of H-pyrrole nitrogens is 1. The third-order valence-electron chi connectivity index (χ3n) is 2.08. The average molecular weight is 231 g/mol. The maximum atomic E-state index is 11.7. The number of carbonyl (C=O) groups is 1. The largest absolute Gasteiger partial charge is 0.396 e. The minimum absolute atomic E-state index is 0.0404. The summed E-state index contributed by atoms with van der Waals surface area (Å²) in [5.41, 5.74) is -0.00493. The van der Waals surface area contributed by atoms with E-state index in [1.165, 1.54) is 0 Å². The van der Waals surface area contributed by atoms with Crippen molar-refractivity contribution in [2.75, 3.05) is 6.61 Å². The molecule has 0 spiro atoms. The molecule has 0 aliphatic rings. The molecule has 0 bridgehead atoms. The van der Waals surface area contributed by atoms with Crippen LogP contribution in [0, 0.1) is 0 Å².